The first-order valence-corrected chi connectivity index (χ1v) is 17.4. The van der Waals surface area contributed by atoms with Crippen molar-refractivity contribution in [2.45, 2.75) is 69.4 Å². The van der Waals surface area contributed by atoms with E-state index in [0.29, 0.717) is 5.75 Å². The zero-order valence-electron chi connectivity index (χ0n) is 29.4. The van der Waals surface area contributed by atoms with Crippen molar-refractivity contribution in [1.82, 2.24) is 26.2 Å². The maximum Gasteiger partial charge on any atom is 0.265 e. The van der Waals surface area contributed by atoms with E-state index in [1.807, 2.05) is 30.3 Å². The number of aliphatic hydroxyl groups excluding tert-OH is 1. The van der Waals surface area contributed by atoms with Gasteiger partial charge >= 0.3 is 0 Å². The zero-order valence-corrected chi connectivity index (χ0v) is 29.4. The number of hydrogen-bond donors (Lipinski definition) is 5. The average molecular weight is 736 g/mol. The Morgan fingerprint density at radius 2 is 1.57 bits per heavy atom. The molecule has 0 saturated carbocycles. The molecule has 1 saturated heterocycles. The second-order valence-corrected chi connectivity index (χ2v) is 13.2. The summed E-state index contributed by atoms with van der Waals surface area (Å²) >= 11 is 0. The minimum Gasteiger partial charge on any atom is -0.492 e. The van der Waals surface area contributed by atoms with Crippen molar-refractivity contribution in [3.63, 3.8) is 0 Å². The third kappa shape index (κ3) is 9.86. The summed E-state index contributed by atoms with van der Waals surface area (Å²) in [5.74, 6) is -4.70. The fourth-order valence-electron chi connectivity index (χ4n) is 6.15. The summed E-state index contributed by atoms with van der Waals surface area (Å²) in [5, 5.41) is 21.2. The Morgan fingerprint density at radius 3 is 2.25 bits per heavy atom. The summed E-state index contributed by atoms with van der Waals surface area (Å²) in [6.45, 7) is 2.92. The molecule has 3 aromatic rings. The normalized spacial score (nSPS) is 22.0. The monoisotopic (exact) mass is 735 g/mol. The first-order chi connectivity index (χ1) is 25.3. The molecule has 4 atom stereocenters. The molecule has 3 aromatic carbocycles. The molecule has 3 aliphatic heterocycles. The highest BCUT2D eigenvalue weighted by Crippen LogP contribution is 2.31. The number of aliphatic hydroxyl groups is 1. The Morgan fingerprint density at radius 1 is 0.887 bits per heavy atom. The molecule has 1 spiro atoms. The van der Waals surface area contributed by atoms with Crippen LogP contribution in [-0.2, 0) is 36.8 Å². The van der Waals surface area contributed by atoms with E-state index in [-0.39, 0.29) is 56.8 Å². The second-order valence-electron chi connectivity index (χ2n) is 13.2. The Balaban J connectivity index is 1.37. The lowest BCUT2D eigenvalue weighted by atomic mass is 9.88. The minimum atomic E-state index is -1.63. The number of carbonyl (C=O) groups is 5. The maximum atomic E-state index is 14.3. The van der Waals surface area contributed by atoms with E-state index in [2.05, 4.69) is 21.3 Å². The highest BCUT2D eigenvalue weighted by Gasteiger charge is 2.46. The molecule has 0 aliphatic carbocycles. The molecule has 53 heavy (non-hydrogen) atoms. The van der Waals surface area contributed by atoms with Gasteiger partial charge in [-0.1, -0.05) is 42.5 Å². The van der Waals surface area contributed by atoms with Crippen molar-refractivity contribution < 1.29 is 47.3 Å². The number of ether oxygens (including phenoxy) is 2. The Kier molecular flexibility index (Phi) is 12.6. The van der Waals surface area contributed by atoms with Crippen molar-refractivity contribution in [3.05, 3.63) is 95.6 Å². The first-order valence-electron chi connectivity index (χ1n) is 17.4. The lowest BCUT2D eigenvalue weighted by molar-refractivity contribution is -0.149. The number of piperidine rings is 1. The van der Waals surface area contributed by atoms with Crippen LogP contribution in [0, 0.1) is 11.6 Å². The number of likely N-dealkylation sites (tertiary alicyclic amines) is 1. The van der Waals surface area contributed by atoms with Gasteiger partial charge in [-0.25, -0.2) is 8.78 Å². The fraction of sp³-hybridized carbons (Fsp3) is 0.395. The molecule has 2 bridgehead atoms. The smallest absolute Gasteiger partial charge is 0.265 e. The number of benzene rings is 3. The van der Waals surface area contributed by atoms with Crippen LogP contribution in [-0.4, -0.2) is 95.6 Å². The minimum absolute atomic E-state index is 0.00297. The van der Waals surface area contributed by atoms with E-state index in [9.17, 15) is 37.9 Å². The highest BCUT2D eigenvalue weighted by molar-refractivity contribution is 5.96. The highest BCUT2D eigenvalue weighted by atomic mass is 19.2. The number of rotatable bonds is 5. The molecule has 5 amide bonds. The van der Waals surface area contributed by atoms with Crippen LogP contribution in [0.25, 0.3) is 0 Å². The third-order valence-electron chi connectivity index (χ3n) is 9.24. The predicted molar refractivity (Wildman–Crippen MR) is 187 cm³/mol. The summed E-state index contributed by atoms with van der Waals surface area (Å²) < 4.78 is 40.2. The van der Waals surface area contributed by atoms with E-state index in [4.69, 9.17) is 9.47 Å². The molecule has 3 heterocycles. The predicted octanol–water partition coefficient (Wildman–Crippen LogP) is 1.55. The molecular weight excluding hydrogens is 692 g/mol. The Hall–Kier alpha value is -5.57. The molecule has 0 radical (unpaired) electrons. The van der Waals surface area contributed by atoms with Crippen molar-refractivity contribution in [2.75, 3.05) is 26.2 Å². The summed E-state index contributed by atoms with van der Waals surface area (Å²) in [5.41, 5.74) is -0.939. The van der Waals surface area contributed by atoms with Gasteiger partial charge in [-0.2, -0.15) is 0 Å². The van der Waals surface area contributed by atoms with Crippen molar-refractivity contribution in [3.8, 4) is 11.5 Å². The van der Waals surface area contributed by atoms with E-state index in [1.165, 1.54) is 30.9 Å². The van der Waals surface area contributed by atoms with Gasteiger partial charge in [0, 0.05) is 37.9 Å². The zero-order chi connectivity index (χ0) is 38.1. The maximum absolute atomic E-state index is 14.3. The number of hydrogen-bond acceptors (Lipinski definition) is 8. The van der Waals surface area contributed by atoms with Crippen LogP contribution in [0.5, 0.6) is 11.5 Å². The standard InChI is InChI=1S/C38H43F2N5O8/c1-23-34(48)43-30(21-25-7-4-3-5-8-25)35(49)41-17-20-52-27-11-13-28(14-12-27)53-38(37(51)44-33(24(2)46)36(50)42-23)15-18-45(19-16-38)31(47)22-26-9-6-10-29(39)32(26)40/h3-14,23-24,30,33,46H,15-22H2,1-2H3,(H,41,49)(H,42,50)(H,43,48)(H,44,51)/t23-,24+,30-,33?/m0/s1. The average Bonchev–Trinajstić information content (AvgIpc) is 3.14. The number of amides is 5. The Labute approximate surface area is 305 Å². The van der Waals surface area contributed by atoms with Crippen LogP contribution < -0.4 is 30.7 Å². The summed E-state index contributed by atoms with van der Waals surface area (Å²) in [7, 11) is 0. The quantitative estimate of drug-likeness (QED) is 0.246. The number of nitrogens with one attached hydrogen (secondary N) is 4. The molecule has 5 N–H and O–H groups in total. The molecule has 282 valence electrons. The molecule has 0 aromatic heterocycles. The topological polar surface area (TPSA) is 175 Å². The van der Waals surface area contributed by atoms with Gasteiger partial charge in [0.2, 0.25) is 23.6 Å². The summed E-state index contributed by atoms with van der Waals surface area (Å²) in [6.07, 6.45) is -1.74. The van der Waals surface area contributed by atoms with E-state index in [1.54, 1.807) is 24.3 Å². The van der Waals surface area contributed by atoms with Gasteiger partial charge in [0.25, 0.3) is 5.91 Å². The number of halogens is 2. The summed E-state index contributed by atoms with van der Waals surface area (Å²) in [4.78, 5) is 68.7. The van der Waals surface area contributed by atoms with E-state index in [0.717, 1.165) is 11.6 Å². The van der Waals surface area contributed by atoms with Gasteiger partial charge < -0.3 is 40.7 Å². The van der Waals surface area contributed by atoms with Gasteiger partial charge in [-0.05, 0) is 49.7 Å². The van der Waals surface area contributed by atoms with Gasteiger partial charge in [0.05, 0.1) is 19.1 Å². The van der Waals surface area contributed by atoms with Crippen molar-refractivity contribution in [1.29, 1.82) is 0 Å². The first kappa shape index (κ1) is 38.7. The molecule has 15 heteroatoms. The molecule has 13 nitrogen and oxygen atoms in total. The SMILES string of the molecule is C[C@@H]1NC(=O)C([C@@H](C)O)NC(=O)C2(CCN(C(=O)Cc3cccc(F)c3F)CC2)Oc2ccc(cc2)OCCNC(=O)[C@H](Cc2ccccc2)NC1=O. The van der Waals surface area contributed by atoms with E-state index < -0.39 is 77.4 Å². The number of carbonyl (C=O) groups excluding carboxylic acids is 5. The van der Waals surface area contributed by atoms with Crippen LogP contribution in [0.4, 0.5) is 8.78 Å². The molecule has 1 unspecified atom stereocenters. The van der Waals surface area contributed by atoms with Crippen LogP contribution >= 0.6 is 0 Å². The molecule has 1 fully saturated rings. The molecule has 3 aliphatic rings. The largest absolute Gasteiger partial charge is 0.492 e. The van der Waals surface area contributed by atoms with Gasteiger partial charge in [0.15, 0.2) is 17.2 Å². The van der Waals surface area contributed by atoms with Crippen LogP contribution in [0.2, 0.25) is 0 Å². The molecular formula is C38H43F2N5O8. The van der Waals surface area contributed by atoms with E-state index >= 15 is 0 Å². The van der Waals surface area contributed by atoms with Crippen molar-refractivity contribution >= 4 is 29.5 Å². The van der Waals surface area contributed by atoms with Crippen LogP contribution in [0.15, 0.2) is 72.8 Å². The Bertz CT molecular complexity index is 1780. The van der Waals surface area contributed by atoms with Crippen LogP contribution in [0.3, 0.4) is 0 Å². The van der Waals surface area contributed by atoms with Gasteiger partial charge in [-0.15, -0.1) is 0 Å². The fourth-order valence-corrected chi connectivity index (χ4v) is 6.15. The second kappa shape index (κ2) is 17.3. The third-order valence-corrected chi connectivity index (χ3v) is 9.24. The number of nitrogens with zero attached hydrogens (tertiary/aromatic N) is 1. The van der Waals surface area contributed by atoms with Crippen LogP contribution in [0.1, 0.15) is 37.8 Å². The van der Waals surface area contributed by atoms with Gasteiger partial charge in [-0.3, -0.25) is 24.0 Å². The lowest BCUT2D eigenvalue weighted by Crippen LogP contribution is -2.64. The van der Waals surface area contributed by atoms with Gasteiger partial charge in [0.1, 0.15) is 36.2 Å². The van der Waals surface area contributed by atoms with Crippen molar-refractivity contribution in [2.24, 2.45) is 0 Å². The number of fused-ring (bicyclic) bond motifs is 15. The summed E-state index contributed by atoms with van der Waals surface area (Å²) in [6, 6.07) is 15.4. The molecule has 6 rings (SSSR count). The lowest BCUT2D eigenvalue weighted by Gasteiger charge is -2.41.